The first-order chi connectivity index (χ1) is 15.2. The highest BCUT2D eigenvalue weighted by Crippen LogP contribution is 2.27. The van der Waals surface area contributed by atoms with E-state index in [-0.39, 0.29) is 23.5 Å². The number of hydrogen-bond acceptors (Lipinski definition) is 5. The Morgan fingerprint density at radius 2 is 1.69 bits per heavy atom. The summed E-state index contributed by atoms with van der Waals surface area (Å²) < 4.78 is 6.14. The van der Waals surface area contributed by atoms with Gasteiger partial charge in [-0.05, 0) is 54.7 Å². The second-order valence-electron chi connectivity index (χ2n) is 7.98. The van der Waals surface area contributed by atoms with Crippen molar-refractivity contribution in [1.82, 2.24) is 4.90 Å². The van der Waals surface area contributed by atoms with Crippen LogP contribution in [0.3, 0.4) is 0 Å². The fraction of sp³-hybridized carbons (Fsp3) is 0.333. The minimum atomic E-state index is -1.10. The zero-order valence-electron chi connectivity index (χ0n) is 18.2. The minimum absolute atomic E-state index is 0.0144. The number of nitrogens with one attached hydrogen (secondary N) is 1. The molecule has 0 bridgehead atoms. The van der Waals surface area contributed by atoms with Gasteiger partial charge in [-0.25, -0.2) is 4.79 Å². The number of esters is 1. The summed E-state index contributed by atoms with van der Waals surface area (Å²) in [6, 6.07) is 10.8. The van der Waals surface area contributed by atoms with E-state index in [1.807, 2.05) is 32.9 Å². The van der Waals surface area contributed by atoms with Gasteiger partial charge < -0.3 is 10.1 Å². The fourth-order valence-electron chi connectivity index (χ4n) is 3.64. The van der Waals surface area contributed by atoms with Gasteiger partial charge in [-0.2, -0.15) is 0 Å². The Balaban J connectivity index is 1.70. The summed E-state index contributed by atoms with van der Waals surface area (Å²) in [6.07, 6.45) is 0.948. The van der Waals surface area contributed by atoms with Crippen LogP contribution < -0.4 is 5.32 Å². The van der Waals surface area contributed by atoms with Gasteiger partial charge in [0.15, 0.2) is 6.61 Å². The number of carbonyl (C=O) groups is 4. The molecule has 3 amide bonds. The van der Waals surface area contributed by atoms with Gasteiger partial charge in [0, 0.05) is 10.2 Å². The second-order valence-corrected chi connectivity index (χ2v) is 8.90. The van der Waals surface area contributed by atoms with Crippen LogP contribution in [0.15, 0.2) is 46.9 Å². The summed E-state index contributed by atoms with van der Waals surface area (Å²) in [4.78, 5) is 51.9. The monoisotopic (exact) mass is 500 g/mol. The van der Waals surface area contributed by atoms with E-state index in [9.17, 15) is 19.2 Å². The third kappa shape index (κ3) is 5.07. The number of halogens is 1. The lowest BCUT2D eigenvalue weighted by atomic mass is 10.0. The number of rotatable bonds is 8. The lowest BCUT2D eigenvalue weighted by Gasteiger charge is -2.25. The molecule has 7 nitrogen and oxygen atoms in total. The van der Waals surface area contributed by atoms with Crippen molar-refractivity contribution in [3.05, 3.63) is 63.6 Å². The first-order valence-corrected chi connectivity index (χ1v) is 11.2. The van der Waals surface area contributed by atoms with Gasteiger partial charge in [0.1, 0.15) is 6.04 Å². The zero-order valence-corrected chi connectivity index (χ0v) is 19.8. The molecular weight excluding hydrogens is 476 g/mol. The Kier molecular flexibility index (Phi) is 7.45. The topological polar surface area (TPSA) is 92.8 Å². The molecule has 0 aliphatic carbocycles. The van der Waals surface area contributed by atoms with Crippen molar-refractivity contribution in [3.63, 3.8) is 0 Å². The SMILES string of the molecule is CCc1cc(Br)ccc1NC(=O)COC(=O)[C@@H](CC(C)C)N1C(=O)c2ccccc2C1=O. The molecule has 0 saturated heterocycles. The average molecular weight is 501 g/mol. The molecule has 1 N–H and O–H groups in total. The van der Waals surface area contributed by atoms with Crippen molar-refractivity contribution in [2.45, 2.75) is 39.7 Å². The normalized spacial score (nSPS) is 13.8. The predicted octanol–water partition coefficient (Wildman–Crippen LogP) is 4.20. The molecule has 8 heteroatoms. The van der Waals surface area contributed by atoms with Crippen molar-refractivity contribution in [2.24, 2.45) is 5.92 Å². The molecule has 3 rings (SSSR count). The fourth-order valence-corrected chi connectivity index (χ4v) is 4.05. The van der Waals surface area contributed by atoms with Crippen molar-refractivity contribution >= 4 is 45.3 Å². The molecule has 0 radical (unpaired) electrons. The van der Waals surface area contributed by atoms with Crippen LogP contribution in [0.1, 0.15) is 53.5 Å². The highest BCUT2D eigenvalue weighted by molar-refractivity contribution is 9.10. The lowest BCUT2D eigenvalue weighted by molar-refractivity contribution is -0.151. The van der Waals surface area contributed by atoms with Crippen molar-refractivity contribution in [3.8, 4) is 0 Å². The van der Waals surface area contributed by atoms with Crippen LogP contribution >= 0.6 is 15.9 Å². The van der Waals surface area contributed by atoms with Gasteiger partial charge in [0.25, 0.3) is 17.7 Å². The van der Waals surface area contributed by atoms with Gasteiger partial charge in [0.05, 0.1) is 11.1 Å². The number of imide groups is 1. The lowest BCUT2D eigenvalue weighted by Crippen LogP contribution is -2.46. The number of carbonyl (C=O) groups excluding carboxylic acids is 4. The number of aryl methyl sites for hydroxylation is 1. The Hall–Kier alpha value is -3.00. The molecule has 168 valence electrons. The maximum Gasteiger partial charge on any atom is 0.329 e. The van der Waals surface area contributed by atoms with Gasteiger partial charge in [-0.15, -0.1) is 0 Å². The van der Waals surface area contributed by atoms with Gasteiger partial charge >= 0.3 is 5.97 Å². The average Bonchev–Trinajstić information content (AvgIpc) is 3.02. The molecule has 1 atom stereocenters. The Morgan fingerprint density at radius 3 is 2.25 bits per heavy atom. The van der Waals surface area contributed by atoms with Crippen molar-refractivity contribution < 1.29 is 23.9 Å². The number of fused-ring (bicyclic) bond motifs is 1. The molecule has 1 aliphatic heterocycles. The summed E-state index contributed by atoms with van der Waals surface area (Å²) in [6.45, 7) is 5.21. The molecule has 0 spiro atoms. The van der Waals surface area contributed by atoms with E-state index in [1.165, 1.54) is 0 Å². The zero-order chi connectivity index (χ0) is 23.4. The van der Waals surface area contributed by atoms with E-state index in [2.05, 4.69) is 21.2 Å². The van der Waals surface area contributed by atoms with Crippen LogP contribution in [0.2, 0.25) is 0 Å². The molecule has 2 aromatic carbocycles. The van der Waals surface area contributed by atoms with Crippen molar-refractivity contribution in [2.75, 3.05) is 11.9 Å². The Labute approximate surface area is 195 Å². The molecule has 0 saturated carbocycles. The van der Waals surface area contributed by atoms with Gasteiger partial charge in [-0.3, -0.25) is 19.3 Å². The predicted molar refractivity (Wildman–Crippen MR) is 123 cm³/mol. The van der Waals surface area contributed by atoms with Gasteiger partial charge in [0.2, 0.25) is 0 Å². The van der Waals surface area contributed by atoms with Crippen LogP contribution in [0, 0.1) is 5.92 Å². The summed E-state index contributed by atoms with van der Waals surface area (Å²) in [5.74, 6) is -2.32. The third-order valence-electron chi connectivity index (χ3n) is 5.17. The van der Waals surface area contributed by atoms with E-state index >= 15 is 0 Å². The van der Waals surface area contributed by atoms with E-state index in [0.717, 1.165) is 14.9 Å². The standard InChI is InChI=1S/C24H25BrN2O5/c1-4-15-12-16(25)9-10-19(15)26-21(28)13-32-24(31)20(11-14(2)3)27-22(29)17-7-5-6-8-18(17)23(27)30/h5-10,12,14,20H,4,11,13H2,1-3H3,(H,26,28)/t20-/m1/s1. The number of benzene rings is 2. The molecular formula is C24H25BrN2O5. The molecule has 0 unspecified atom stereocenters. The van der Waals surface area contributed by atoms with Crippen LogP contribution in [-0.4, -0.2) is 41.2 Å². The van der Waals surface area contributed by atoms with Crippen LogP contribution in [0.25, 0.3) is 0 Å². The molecule has 1 heterocycles. The maximum atomic E-state index is 12.9. The number of amides is 3. The van der Waals surface area contributed by atoms with E-state index in [1.54, 1.807) is 30.3 Å². The summed E-state index contributed by atoms with van der Waals surface area (Å²) in [5, 5.41) is 2.74. The molecule has 1 aliphatic rings. The van der Waals surface area contributed by atoms with E-state index in [4.69, 9.17) is 4.74 Å². The van der Waals surface area contributed by atoms with Crippen LogP contribution in [-0.2, 0) is 20.7 Å². The summed E-state index contributed by atoms with van der Waals surface area (Å²) in [5.41, 5.74) is 2.09. The largest absolute Gasteiger partial charge is 0.454 e. The van der Waals surface area contributed by atoms with E-state index < -0.39 is 36.3 Å². The quantitative estimate of drug-likeness (QED) is 0.432. The maximum absolute atomic E-state index is 12.9. The molecule has 2 aromatic rings. The number of hydrogen-bond donors (Lipinski definition) is 1. The highest BCUT2D eigenvalue weighted by Gasteiger charge is 2.43. The first-order valence-electron chi connectivity index (χ1n) is 10.4. The van der Waals surface area contributed by atoms with Crippen LogP contribution in [0.5, 0.6) is 0 Å². The second kappa shape index (κ2) is 10.1. The first kappa shape index (κ1) is 23.7. The third-order valence-corrected chi connectivity index (χ3v) is 5.66. The van der Waals surface area contributed by atoms with Crippen molar-refractivity contribution in [1.29, 1.82) is 0 Å². The highest BCUT2D eigenvalue weighted by atomic mass is 79.9. The Bertz CT molecular complexity index is 1030. The minimum Gasteiger partial charge on any atom is -0.454 e. The number of anilines is 1. The summed E-state index contributed by atoms with van der Waals surface area (Å²) in [7, 11) is 0. The molecule has 0 fully saturated rings. The summed E-state index contributed by atoms with van der Waals surface area (Å²) >= 11 is 3.40. The molecule has 32 heavy (non-hydrogen) atoms. The Morgan fingerprint density at radius 1 is 1.06 bits per heavy atom. The molecule has 0 aromatic heterocycles. The van der Waals surface area contributed by atoms with Crippen LogP contribution in [0.4, 0.5) is 5.69 Å². The smallest absolute Gasteiger partial charge is 0.329 e. The number of ether oxygens (including phenoxy) is 1. The number of nitrogens with zero attached hydrogens (tertiary/aromatic N) is 1. The van der Waals surface area contributed by atoms with E-state index in [0.29, 0.717) is 12.1 Å². The van der Waals surface area contributed by atoms with Gasteiger partial charge in [-0.1, -0.05) is 48.8 Å².